The first-order valence-corrected chi connectivity index (χ1v) is 12.1. The van der Waals surface area contributed by atoms with Gasteiger partial charge in [-0.15, -0.1) is 10.2 Å². The Morgan fingerprint density at radius 3 is 2.48 bits per heavy atom. The lowest BCUT2D eigenvalue weighted by Gasteiger charge is -2.55. The summed E-state index contributed by atoms with van der Waals surface area (Å²) in [5.41, 5.74) is 1.65. The molecule has 4 saturated carbocycles. The van der Waals surface area contributed by atoms with Gasteiger partial charge in [-0.3, -0.25) is 10.1 Å². The van der Waals surface area contributed by atoms with Gasteiger partial charge >= 0.3 is 0 Å². The molecule has 160 valence electrons. The van der Waals surface area contributed by atoms with Crippen molar-refractivity contribution in [2.45, 2.75) is 50.9 Å². The highest BCUT2D eigenvalue weighted by Gasteiger charge is 2.53. The van der Waals surface area contributed by atoms with Crippen molar-refractivity contribution in [1.82, 2.24) is 15.4 Å². The van der Waals surface area contributed by atoms with E-state index in [1.807, 2.05) is 18.2 Å². The molecule has 4 aliphatic rings. The van der Waals surface area contributed by atoms with Crippen LogP contribution in [-0.4, -0.2) is 21.3 Å². The number of hydrogen-bond donors (Lipinski definition) is 1. The average Bonchev–Trinajstić information content (AvgIpc) is 3.34. The number of benzene rings is 1. The summed E-state index contributed by atoms with van der Waals surface area (Å²) in [4.78, 5) is 13.1. The summed E-state index contributed by atoms with van der Waals surface area (Å²) in [5, 5.41) is 18.0. The minimum Gasteiger partial charge on any atom is -0.360 e. The summed E-state index contributed by atoms with van der Waals surface area (Å²) in [6.07, 6.45) is 7.84. The molecule has 4 bridgehead atoms. The second kappa shape index (κ2) is 7.14. The highest BCUT2D eigenvalue weighted by atomic mass is 35.5. The van der Waals surface area contributed by atoms with Gasteiger partial charge < -0.3 is 4.52 Å². The Bertz CT molecular complexity index is 1130. The number of anilines is 1. The maximum absolute atomic E-state index is 13.1. The molecule has 0 aliphatic heterocycles. The van der Waals surface area contributed by atoms with Crippen LogP contribution >= 0.6 is 22.9 Å². The van der Waals surface area contributed by atoms with Crippen LogP contribution in [0.15, 0.2) is 28.8 Å². The van der Waals surface area contributed by atoms with E-state index in [1.54, 1.807) is 13.0 Å². The fourth-order valence-corrected chi connectivity index (χ4v) is 7.68. The van der Waals surface area contributed by atoms with Crippen molar-refractivity contribution in [3.05, 3.63) is 45.6 Å². The van der Waals surface area contributed by atoms with E-state index in [4.69, 9.17) is 16.1 Å². The van der Waals surface area contributed by atoms with E-state index in [0.29, 0.717) is 32.7 Å². The van der Waals surface area contributed by atoms with E-state index in [2.05, 4.69) is 20.7 Å². The highest BCUT2D eigenvalue weighted by molar-refractivity contribution is 7.15. The van der Waals surface area contributed by atoms with Crippen molar-refractivity contribution in [2.75, 3.05) is 5.32 Å². The van der Waals surface area contributed by atoms with Crippen LogP contribution in [0.1, 0.15) is 59.7 Å². The fraction of sp³-hybridized carbons (Fsp3) is 0.478. The Kier molecular flexibility index (Phi) is 4.47. The molecule has 1 N–H and O–H groups in total. The quantitative estimate of drug-likeness (QED) is 0.532. The molecule has 0 radical (unpaired) electrons. The van der Waals surface area contributed by atoms with Crippen molar-refractivity contribution < 1.29 is 9.32 Å². The number of amides is 1. The molecule has 0 atom stereocenters. The van der Waals surface area contributed by atoms with Gasteiger partial charge in [-0.25, -0.2) is 0 Å². The minimum atomic E-state index is -0.304. The zero-order chi connectivity index (χ0) is 21.2. The van der Waals surface area contributed by atoms with Crippen LogP contribution in [0.25, 0.3) is 11.3 Å². The average molecular weight is 455 g/mol. The Morgan fingerprint density at radius 1 is 1.13 bits per heavy atom. The first-order valence-electron chi connectivity index (χ1n) is 10.9. The van der Waals surface area contributed by atoms with Crippen LogP contribution in [0.5, 0.6) is 0 Å². The van der Waals surface area contributed by atoms with Crippen LogP contribution in [-0.2, 0) is 5.41 Å². The molecule has 0 unspecified atom stereocenters. The minimum absolute atomic E-state index is 0.172. The largest absolute Gasteiger partial charge is 0.360 e. The molecular weight excluding hydrogens is 432 g/mol. The lowest BCUT2D eigenvalue weighted by atomic mass is 9.50. The molecule has 0 spiro atoms. The van der Waals surface area contributed by atoms with Gasteiger partial charge in [0.1, 0.15) is 22.0 Å². The van der Waals surface area contributed by atoms with E-state index < -0.39 is 0 Å². The van der Waals surface area contributed by atoms with Crippen molar-refractivity contribution in [2.24, 2.45) is 17.8 Å². The van der Waals surface area contributed by atoms with Gasteiger partial charge in [-0.1, -0.05) is 46.3 Å². The monoisotopic (exact) mass is 454 g/mol. The number of halogens is 1. The normalized spacial score (nSPS) is 28.8. The topological polar surface area (TPSA) is 80.9 Å². The maximum Gasteiger partial charge on any atom is 0.263 e. The van der Waals surface area contributed by atoms with E-state index in [1.165, 1.54) is 49.9 Å². The summed E-state index contributed by atoms with van der Waals surface area (Å²) in [5.74, 6) is 2.66. The van der Waals surface area contributed by atoms with E-state index in [-0.39, 0.29) is 11.3 Å². The number of aryl methyl sites for hydroxylation is 1. The van der Waals surface area contributed by atoms with E-state index in [0.717, 1.165) is 22.8 Å². The van der Waals surface area contributed by atoms with Gasteiger partial charge in [0.15, 0.2) is 0 Å². The molecule has 7 rings (SSSR count). The molecule has 8 heteroatoms. The van der Waals surface area contributed by atoms with Crippen LogP contribution in [0.3, 0.4) is 0 Å². The predicted octanol–water partition coefficient (Wildman–Crippen LogP) is 5.88. The third-order valence-corrected chi connectivity index (χ3v) is 8.77. The third kappa shape index (κ3) is 3.21. The Hall–Kier alpha value is -2.25. The number of nitrogens with one attached hydrogen (secondary N) is 1. The fourth-order valence-electron chi connectivity index (χ4n) is 6.50. The summed E-state index contributed by atoms with van der Waals surface area (Å²) in [6, 6.07) is 7.29. The summed E-state index contributed by atoms with van der Waals surface area (Å²) in [6.45, 7) is 1.73. The van der Waals surface area contributed by atoms with Crippen LogP contribution in [0.2, 0.25) is 5.02 Å². The Labute approximate surface area is 189 Å². The van der Waals surface area contributed by atoms with Gasteiger partial charge in [0, 0.05) is 11.0 Å². The number of carbonyl (C=O) groups excluding carboxylic acids is 1. The van der Waals surface area contributed by atoms with Gasteiger partial charge in [-0.2, -0.15) is 0 Å². The second-order valence-corrected chi connectivity index (χ2v) is 10.9. The van der Waals surface area contributed by atoms with Gasteiger partial charge in [-0.05, 0) is 69.3 Å². The molecule has 4 fully saturated rings. The third-order valence-electron chi connectivity index (χ3n) is 7.36. The molecule has 4 aliphatic carbocycles. The molecule has 1 aromatic carbocycles. The first kappa shape index (κ1) is 19.4. The number of hydrogen-bond acceptors (Lipinski definition) is 6. The maximum atomic E-state index is 13.1. The summed E-state index contributed by atoms with van der Waals surface area (Å²) >= 11 is 7.85. The van der Waals surface area contributed by atoms with Crippen molar-refractivity contribution in [3.63, 3.8) is 0 Å². The van der Waals surface area contributed by atoms with Crippen molar-refractivity contribution in [1.29, 1.82) is 0 Å². The molecule has 3 aromatic rings. The smallest absolute Gasteiger partial charge is 0.263 e. The Morgan fingerprint density at radius 2 is 1.81 bits per heavy atom. The molecular formula is C23H23ClN4O2S. The summed E-state index contributed by atoms with van der Waals surface area (Å²) < 4.78 is 5.33. The van der Waals surface area contributed by atoms with Gasteiger partial charge in [0.25, 0.3) is 5.91 Å². The number of nitrogens with zero attached hydrogens (tertiary/aromatic N) is 3. The van der Waals surface area contributed by atoms with Gasteiger partial charge in [0.05, 0.1) is 5.02 Å². The molecule has 1 amide bonds. The molecule has 0 saturated heterocycles. The second-order valence-electron chi connectivity index (χ2n) is 9.51. The van der Waals surface area contributed by atoms with E-state index >= 15 is 0 Å². The number of rotatable bonds is 4. The van der Waals surface area contributed by atoms with Crippen molar-refractivity contribution >= 4 is 34.0 Å². The first-order chi connectivity index (χ1) is 15.0. The molecule has 2 heterocycles. The number of carbonyl (C=O) groups is 1. The van der Waals surface area contributed by atoms with Gasteiger partial charge in [0.2, 0.25) is 5.13 Å². The van der Waals surface area contributed by atoms with Crippen molar-refractivity contribution in [3.8, 4) is 11.3 Å². The zero-order valence-electron chi connectivity index (χ0n) is 17.2. The zero-order valence-corrected chi connectivity index (χ0v) is 18.8. The summed E-state index contributed by atoms with van der Waals surface area (Å²) in [7, 11) is 0. The van der Waals surface area contributed by atoms with Crippen LogP contribution in [0, 0.1) is 24.7 Å². The molecule has 31 heavy (non-hydrogen) atoms. The standard InChI is InChI=1S/C23H23ClN4O2S/c1-12-18(19(28-30-12)16-4-2-3-5-17(16)24)20(29)25-22-27-26-21(31-22)23-9-13-6-14(10-23)8-15(7-13)11-23/h2-5,13-15H,6-11H2,1H3,(H,25,27,29). The lowest BCUT2D eigenvalue weighted by Crippen LogP contribution is -2.48. The highest BCUT2D eigenvalue weighted by Crippen LogP contribution is 2.61. The van der Waals surface area contributed by atoms with Crippen LogP contribution < -0.4 is 5.32 Å². The SMILES string of the molecule is Cc1onc(-c2ccccc2Cl)c1C(=O)Nc1nnc(C23CC4CC(CC(C4)C2)C3)s1. The Balaban J connectivity index is 1.27. The van der Waals surface area contributed by atoms with E-state index in [9.17, 15) is 4.79 Å². The molecule has 2 aromatic heterocycles. The lowest BCUT2D eigenvalue weighted by molar-refractivity contribution is -0.00555. The molecule has 6 nitrogen and oxygen atoms in total. The van der Waals surface area contributed by atoms with Crippen LogP contribution in [0.4, 0.5) is 5.13 Å². The number of aromatic nitrogens is 3. The predicted molar refractivity (Wildman–Crippen MR) is 119 cm³/mol.